The third-order valence-corrected chi connectivity index (χ3v) is 3.43. The summed E-state index contributed by atoms with van der Waals surface area (Å²) in [6.45, 7) is 0. The molecule has 2 aromatic rings. The zero-order valence-corrected chi connectivity index (χ0v) is 10.9. The van der Waals surface area contributed by atoms with Crippen molar-refractivity contribution >= 4 is 9.84 Å². The van der Waals surface area contributed by atoms with Gasteiger partial charge in [0.25, 0.3) is 0 Å². The van der Waals surface area contributed by atoms with Gasteiger partial charge in [-0.15, -0.1) is 0 Å². The van der Waals surface area contributed by atoms with E-state index in [1.807, 2.05) is 6.07 Å². The molecule has 0 bridgehead atoms. The molecule has 0 aliphatic rings. The van der Waals surface area contributed by atoms with E-state index in [1.54, 1.807) is 18.2 Å². The van der Waals surface area contributed by atoms with Gasteiger partial charge in [0.15, 0.2) is 9.84 Å². The Kier molecular flexibility index (Phi) is 3.49. The number of nitriles is 1. The van der Waals surface area contributed by atoms with Crippen LogP contribution in [0.25, 0.3) is 0 Å². The molecule has 0 unspecified atom stereocenters. The van der Waals surface area contributed by atoms with Gasteiger partial charge in [0.05, 0.1) is 16.5 Å². The first-order chi connectivity index (χ1) is 8.99. The van der Waals surface area contributed by atoms with Gasteiger partial charge in [-0.05, 0) is 24.3 Å². The number of ether oxygens (including phenoxy) is 1. The molecule has 2 rings (SSSR count). The first-order valence-electron chi connectivity index (χ1n) is 5.33. The Bertz CT molecular complexity index is 748. The lowest BCUT2D eigenvalue weighted by atomic mass is 10.3. The first kappa shape index (κ1) is 13.1. The van der Waals surface area contributed by atoms with Crippen molar-refractivity contribution in [3.63, 3.8) is 0 Å². The van der Waals surface area contributed by atoms with Crippen LogP contribution in [0.4, 0.5) is 0 Å². The van der Waals surface area contributed by atoms with Crippen LogP contribution < -0.4 is 4.74 Å². The van der Waals surface area contributed by atoms with Crippen LogP contribution in [-0.4, -0.2) is 19.7 Å². The van der Waals surface area contributed by atoms with Crippen molar-refractivity contribution < 1.29 is 13.2 Å². The minimum atomic E-state index is -3.28. The lowest BCUT2D eigenvalue weighted by Crippen LogP contribution is -1.97. The molecule has 0 saturated carbocycles. The predicted molar refractivity (Wildman–Crippen MR) is 68.6 cm³/mol. The average molecular weight is 274 g/mol. The van der Waals surface area contributed by atoms with E-state index in [4.69, 9.17) is 10.00 Å². The Morgan fingerprint density at radius 2 is 2.05 bits per heavy atom. The summed E-state index contributed by atoms with van der Waals surface area (Å²) in [5.74, 6) is 0.593. The highest BCUT2D eigenvalue weighted by Crippen LogP contribution is 2.22. The zero-order chi connectivity index (χ0) is 13.9. The van der Waals surface area contributed by atoms with Crippen LogP contribution in [0.1, 0.15) is 5.56 Å². The minimum absolute atomic E-state index is 0.168. The van der Waals surface area contributed by atoms with Crippen molar-refractivity contribution in [2.24, 2.45) is 0 Å². The fourth-order valence-electron chi connectivity index (χ4n) is 1.42. The van der Waals surface area contributed by atoms with Gasteiger partial charge in [-0.1, -0.05) is 6.07 Å². The van der Waals surface area contributed by atoms with Crippen LogP contribution in [-0.2, 0) is 9.84 Å². The zero-order valence-electron chi connectivity index (χ0n) is 10.1. The largest absolute Gasteiger partial charge is 0.439 e. The van der Waals surface area contributed by atoms with Gasteiger partial charge in [-0.25, -0.2) is 13.4 Å². The van der Waals surface area contributed by atoms with E-state index in [9.17, 15) is 8.42 Å². The van der Waals surface area contributed by atoms with Gasteiger partial charge < -0.3 is 4.74 Å². The smallest absolute Gasteiger partial charge is 0.220 e. The van der Waals surface area contributed by atoms with Gasteiger partial charge in [0.2, 0.25) is 5.88 Å². The summed E-state index contributed by atoms with van der Waals surface area (Å²) in [5.41, 5.74) is 0.421. The Labute approximate surface area is 111 Å². The molecule has 6 heteroatoms. The molecule has 1 aromatic carbocycles. The van der Waals surface area contributed by atoms with Crippen molar-refractivity contribution in [2.45, 2.75) is 4.90 Å². The number of hydrogen-bond acceptors (Lipinski definition) is 5. The summed E-state index contributed by atoms with van der Waals surface area (Å²) >= 11 is 0. The van der Waals surface area contributed by atoms with Crippen molar-refractivity contribution in [1.82, 2.24) is 4.98 Å². The second-order valence-corrected chi connectivity index (χ2v) is 5.86. The standard InChI is InChI=1S/C13H10N2O3S/c1-19(16,17)12-4-2-3-11(8-12)18-13-7-10(9-14)5-6-15-13/h2-8H,1H3. The third-order valence-electron chi connectivity index (χ3n) is 2.32. The van der Waals surface area contributed by atoms with Gasteiger partial charge in [-0.3, -0.25) is 0 Å². The van der Waals surface area contributed by atoms with Crippen molar-refractivity contribution in [2.75, 3.05) is 6.26 Å². The number of rotatable bonds is 3. The highest BCUT2D eigenvalue weighted by Gasteiger charge is 2.08. The highest BCUT2D eigenvalue weighted by molar-refractivity contribution is 7.90. The van der Waals surface area contributed by atoms with E-state index >= 15 is 0 Å². The monoisotopic (exact) mass is 274 g/mol. The van der Waals surface area contributed by atoms with Gasteiger partial charge in [0.1, 0.15) is 5.75 Å². The fraction of sp³-hybridized carbons (Fsp3) is 0.0769. The Morgan fingerprint density at radius 1 is 1.26 bits per heavy atom. The van der Waals surface area contributed by atoms with Gasteiger partial charge in [0, 0.05) is 18.5 Å². The molecule has 0 aliphatic heterocycles. The number of benzene rings is 1. The van der Waals surface area contributed by atoms with Crippen LogP contribution in [0.15, 0.2) is 47.5 Å². The van der Waals surface area contributed by atoms with Crippen molar-refractivity contribution in [1.29, 1.82) is 5.26 Å². The van der Waals surface area contributed by atoms with E-state index in [0.717, 1.165) is 6.26 Å². The molecule has 5 nitrogen and oxygen atoms in total. The maximum Gasteiger partial charge on any atom is 0.220 e. The fourth-order valence-corrected chi connectivity index (χ4v) is 2.08. The van der Waals surface area contributed by atoms with Gasteiger partial charge >= 0.3 is 0 Å². The maximum atomic E-state index is 11.4. The topological polar surface area (TPSA) is 80.0 Å². The Balaban J connectivity index is 2.31. The second kappa shape index (κ2) is 5.08. The Hall–Kier alpha value is -2.39. The molecule has 0 aliphatic carbocycles. The summed E-state index contributed by atoms with van der Waals surface area (Å²) in [6, 6.07) is 11.1. The van der Waals surface area contributed by atoms with E-state index < -0.39 is 9.84 Å². The minimum Gasteiger partial charge on any atom is -0.439 e. The molecule has 0 atom stereocenters. The van der Waals surface area contributed by atoms with Crippen molar-refractivity contribution in [3.05, 3.63) is 48.2 Å². The number of pyridine rings is 1. The molecule has 0 amide bonds. The lowest BCUT2D eigenvalue weighted by molar-refractivity contribution is 0.461. The average Bonchev–Trinajstić information content (AvgIpc) is 2.38. The molecule has 0 radical (unpaired) electrons. The highest BCUT2D eigenvalue weighted by atomic mass is 32.2. The Morgan fingerprint density at radius 3 is 2.74 bits per heavy atom. The molecular formula is C13H10N2O3S. The molecule has 0 fully saturated rings. The van der Waals surface area contributed by atoms with Crippen LogP contribution in [0.5, 0.6) is 11.6 Å². The number of sulfone groups is 1. The third kappa shape index (κ3) is 3.30. The molecular weight excluding hydrogens is 264 g/mol. The molecule has 1 heterocycles. The van der Waals surface area contributed by atoms with Crippen molar-refractivity contribution in [3.8, 4) is 17.7 Å². The van der Waals surface area contributed by atoms with E-state index in [0.29, 0.717) is 11.3 Å². The number of hydrogen-bond donors (Lipinski definition) is 0. The quantitative estimate of drug-likeness (QED) is 0.856. The summed E-state index contributed by atoms with van der Waals surface area (Å²) in [5, 5.41) is 8.77. The van der Waals surface area contributed by atoms with E-state index in [1.165, 1.54) is 24.4 Å². The molecule has 1 aromatic heterocycles. The maximum absolute atomic E-state index is 11.4. The summed E-state index contributed by atoms with van der Waals surface area (Å²) in [4.78, 5) is 4.12. The molecule has 0 N–H and O–H groups in total. The molecule has 0 spiro atoms. The van der Waals surface area contributed by atoms with Crippen LogP contribution in [0.3, 0.4) is 0 Å². The molecule has 0 saturated heterocycles. The summed E-state index contributed by atoms with van der Waals surface area (Å²) in [6.07, 6.45) is 2.58. The van der Waals surface area contributed by atoms with Crippen LogP contribution >= 0.6 is 0 Å². The number of aromatic nitrogens is 1. The van der Waals surface area contributed by atoms with Gasteiger partial charge in [-0.2, -0.15) is 5.26 Å². The van der Waals surface area contributed by atoms with E-state index in [2.05, 4.69) is 4.98 Å². The molecule has 96 valence electrons. The lowest BCUT2D eigenvalue weighted by Gasteiger charge is -2.06. The van der Waals surface area contributed by atoms with E-state index in [-0.39, 0.29) is 10.8 Å². The van der Waals surface area contributed by atoms with Crippen LogP contribution in [0, 0.1) is 11.3 Å². The predicted octanol–water partition coefficient (Wildman–Crippen LogP) is 2.15. The normalized spacial score (nSPS) is 10.7. The second-order valence-electron chi connectivity index (χ2n) is 3.84. The summed E-state index contributed by atoms with van der Waals surface area (Å²) < 4.78 is 28.3. The van der Waals surface area contributed by atoms with Crippen LogP contribution in [0.2, 0.25) is 0 Å². The SMILES string of the molecule is CS(=O)(=O)c1cccc(Oc2cc(C#N)ccn2)c1. The summed E-state index contributed by atoms with van der Waals surface area (Å²) in [7, 11) is -3.28. The first-order valence-corrected chi connectivity index (χ1v) is 7.22. The molecule has 19 heavy (non-hydrogen) atoms. The number of nitrogens with zero attached hydrogens (tertiary/aromatic N) is 2.